The molecule has 3 aliphatic rings. The summed E-state index contributed by atoms with van der Waals surface area (Å²) in [6.45, 7) is 5.07. The highest BCUT2D eigenvalue weighted by Crippen LogP contribution is 2.36. The first-order valence-corrected chi connectivity index (χ1v) is 16.9. The van der Waals surface area contributed by atoms with Gasteiger partial charge in [0.25, 0.3) is 0 Å². The topological polar surface area (TPSA) is 161 Å². The molecule has 42 heavy (non-hydrogen) atoms. The number of aromatic nitrogens is 2. The molecule has 0 bridgehead atoms. The van der Waals surface area contributed by atoms with Crippen LogP contribution in [0.15, 0.2) is 18.2 Å². The first kappa shape index (κ1) is 30.6. The second kappa shape index (κ2) is 14.1. The number of benzene rings is 1. The summed E-state index contributed by atoms with van der Waals surface area (Å²) < 4.78 is 38.7. The van der Waals surface area contributed by atoms with Crippen molar-refractivity contribution in [1.82, 2.24) is 19.2 Å². The summed E-state index contributed by atoms with van der Waals surface area (Å²) in [7, 11) is -1.63. The van der Waals surface area contributed by atoms with Crippen LogP contribution in [-0.2, 0) is 14.8 Å². The molecule has 0 radical (unpaired) electrons. The lowest BCUT2D eigenvalue weighted by molar-refractivity contribution is 0.0380. The fraction of sp³-hybridized carbons (Fsp3) is 0.655. The highest BCUT2D eigenvalue weighted by Gasteiger charge is 2.29. The molecule has 5 rings (SSSR count). The Bertz CT molecular complexity index is 1290. The number of nitrogen functional groups attached to an aromatic ring is 2. The zero-order valence-electron chi connectivity index (χ0n) is 24.7. The zero-order valence-corrected chi connectivity index (χ0v) is 25.5. The molecule has 0 unspecified atom stereocenters. The van der Waals surface area contributed by atoms with Gasteiger partial charge in [0.2, 0.25) is 16.0 Å². The molecule has 3 fully saturated rings. The van der Waals surface area contributed by atoms with Gasteiger partial charge in [-0.3, -0.25) is 4.90 Å². The molecular weight excluding hydrogens is 556 g/mol. The van der Waals surface area contributed by atoms with E-state index in [-0.39, 0.29) is 17.5 Å². The number of anilines is 5. The van der Waals surface area contributed by atoms with E-state index in [0.29, 0.717) is 54.4 Å². The Hall–Kier alpha value is -2.87. The smallest absolute Gasteiger partial charge is 0.231 e. The largest absolute Gasteiger partial charge is 0.495 e. The minimum Gasteiger partial charge on any atom is -0.495 e. The van der Waals surface area contributed by atoms with E-state index in [1.807, 2.05) is 12.1 Å². The highest BCUT2D eigenvalue weighted by atomic mass is 32.2. The first-order valence-electron chi connectivity index (χ1n) is 15.2. The lowest BCUT2D eigenvalue weighted by atomic mass is 9.90. The van der Waals surface area contributed by atoms with Crippen molar-refractivity contribution in [3.8, 4) is 5.75 Å². The maximum Gasteiger partial charge on any atom is 0.231 e. The van der Waals surface area contributed by atoms with Gasteiger partial charge < -0.3 is 31.6 Å². The van der Waals surface area contributed by atoms with Gasteiger partial charge in [0.15, 0.2) is 11.6 Å². The molecule has 1 aliphatic carbocycles. The molecule has 0 amide bonds. The van der Waals surface area contributed by atoms with Gasteiger partial charge in [0, 0.05) is 32.2 Å². The number of piperidine rings is 1. The monoisotopic (exact) mass is 602 g/mol. The second-order valence-electron chi connectivity index (χ2n) is 11.6. The van der Waals surface area contributed by atoms with Crippen LogP contribution in [0.5, 0.6) is 5.75 Å². The number of rotatable bonds is 11. The van der Waals surface area contributed by atoms with E-state index >= 15 is 0 Å². The standard InChI is InChI=1S/C29H46N8O4S/c1-40-25-20-22(21-10-13-37(14-11-21)42(38,39)19-5-12-36-15-17-41-18-16-36)8-9-24(25)33-29-34-27(31)26(30)28(35-29)32-23-6-3-2-4-7-23/h8-9,20-21,23H,2-7,10-19,30H2,1H3,(H4,31,32,33,34,35). The molecule has 232 valence electrons. The Morgan fingerprint density at radius 3 is 2.48 bits per heavy atom. The number of sulfonamides is 1. The van der Waals surface area contributed by atoms with Crippen LogP contribution >= 0.6 is 0 Å². The van der Waals surface area contributed by atoms with Crippen molar-refractivity contribution in [3.63, 3.8) is 0 Å². The lowest BCUT2D eigenvalue weighted by Crippen LogP contribution is -2.41. The van der Waals surface area contributed by atoms with Gasteiger partial charge in [-0.05, 0) is 62.3 Å². The molecule has 2 saturated heterocycles. The summed E-state index contributed by atoms with van der Waals surface area (Å²) in [6, 6.07) is 6.35. The van der Waals surface area contributed by atoms with Crippen LogP contribution in [0.3, 0.4) is 0 Å². The number of nitrogens with two attached hydrogens (primary N) is 2. The van der Waals surface area contributed by atoms with Crippen molar-refractivity contribution < 1.29 is 17.9 Å². The average Bonchev–Trinajstić information content (AvgIpc) is 3.01. The molecule has 12 nitrogen and oxygen atoms in total. The molecule has 1 aromatic heterocycles. The van der Waals surface area contributed by atoms with Crippen LogP contribution in [0.4, 0.5) is 29.0 Å². The summed E-state index contributed by atoms with van der Waals surface area (Å²) in [5.41, 5.74) is 14.5. The van der Waals surface area contributed by atoms with E-state index in [2.05, 4.69) is 31.6 Å². The van der Waals surface area contributed by atoms with E-state index in [0.717, 1.165) is 64.1 Å². The highest BCUT2D eigenvalue weighted by molar-refractivity contribution is 7.89. The van der Waals surface area contributed by atoms with E-state index in [1.165, 1.54) is 19.3 Å². The van der Waals surface area contributed by atoms with Crippen molar-refractivity contribution in [2.75, 3.05) is 80.9 Å². The summed E-state index contributed by atoms with van der Waals surface area (Å²) in [6.07, 6.45) is 8.00. The minimum atomic E-state index is -3.26. The summed E-state index contributed by atoms with van der Waals surface area (Å²) in [5.74, 6) is 2.23. The van der Waals surface area contributed by atoms with Crippen LogP contribution in [0.25, 0.3) is 0 Å². The van der Waals surface area contributed by atoms with Crippen LogP contribution in [0.2, 0.25) is 0 Å². The Balaban J connectivity index is 1.18. The van der Waals surface area contributed by atoms with Crippen LogP contribution in [-0.4, -0.2) is 92.4 Å². The van der Waals surface area contributed by atoms with Crippen molar-refractivity contribution >= 4 is 39.0 Å². The number of hydrogen-bond donors (Lipinski definition) is 4. The molecule has 6 N–H and O–H groups in total. The fourth-order valence-corrected chi connectivity index (χ4v) is 7.69. The van der Waals surface area contributed by atoms with Gasteiger partial charge in [0.1, 0.15) is 11.4 Å². The summed E-state index contributed by atoms with van der Waals surface area (Å²) >= 11 is 0. The van der Waals surface area contributed by atoms with Gasteiger partial charge in [-0.2, -0.15) is 9.97 Å². The van der Waals surface area contributed by atoms with E-state index in [4.69, 9.17) is 20.9 Å². The van der Waals surface area contributed by atoms with Crippen molar-refractivity contribution in [3.05, 3.63) is 23.8 Å². The predicted octanol–water partition coefficient (Wildman–Crippen LogP) is 3.37. The van der Waals surface area contributed by atoms with Crippen LogP contribution in [0.1, 0.15) is 62.8 Å². The molecular formula is C29H46N8O4S. The third-order valence-electron chi connectivity index (χ3n) is 8.69. The molecule has 13 heteroatoms. The number of nitrogens with one attached hydrogen (secondary N) is 2. The van der Waals surface area contributed by atoms with E-state index in [1.54, 1.807) is 11.4 Å². The molecule has 0 spiro atoms. The fourth-order valence-electron chi connectivity index (χ4n) is 6.17. The first-order chi connectivity index (χ1) is 20.3. The Labute approximate surface area is 249 Å². The number of ether oxygens (including phenoxy) is 2. The van der Waals surface area contributed by atoms with Gasteiger partial charge in [-0.25, -0.2) is 12.7 Å². The van der Waals surface area contributed by atoms with Crippen LogP contribution < -0.4 is 26.8 Å². The quantitative estimate of drug-likeness (QED) is 0.298. The van der Waals surface area contributed by atoms with Gasteiger partial charge in [0.05, 0.1) is 31.8 Å². The van der Waals surface area contributed by atoms with Gasteiger partial charge in [-0.1, -0.05) is 25.3 Å². The van der Waals surface area contributed by atoms with Crippen molar-refractivity contribution in [1.29, 1.82) is 0 Å². The Kier molecular flexibility index (Phi) is 10.2. The SMILES string of the molecule is COc1cc(C2CCN(S(=O)(=O)CCCN3CCOCC3)CC2)ccc1Nc1nc(N)c(N)c(NC2CCCCC2)n1. The Morgan fingerprint density at radius 2 is 1.76 bits per heavy atom. The minimum absolute atomic E-state index is 0.193. The number of hydrogen-bond acceptors (Lipinski definition) is 11. The van der Waals surface area contributed by atoms with E-state index < -0.39 is 10.0 Å². The van der Waals surface area contributed by atoms with Gasteiger partial charge in [-0.15, -0.1) is 0 Å². The third kappa shape index (κ3) is 7.74. The molecule has 1 aromatic carbocycles. The Morgan fingerprint density at radius 1 is 1.02 bits per heavy atom. The van der Waals surface area contributed by atoms with Crippen molar-refractivity contribution in [2.24, 2.45) is 0 Å². The summed E-state index contributed by atoms with van der Waals surface area (Å²) in [5, 5.41) is 6.70. The maximum absolute atomic E-state index is 13.0. The van der Waals surface area contributed by atoms with Crippen molar-refractivity contribution in [2.45, 2.75) is 63.3 Å². The molecule has 0 atom stereocenters. The predicted molar refractivity (Wildman–Crippen MR) is 167 cm³/mol. The third-order valence-corrected chi connectivity index (χ3v) is 10.6. The van der Waals surface area contributed by atoms with Gasteiger partial charge >= 0.3 is 0 Å². The van der Waals surface area contributed by atoms with E-state index in [9.17, 15) is 8.42 Å². The summed E-state index contributed by atoms with van der Waals surface area (Å²) in [4.78, 5) is 11.3. The molecule has 2 aliphatic heterocycles. The normalized spacial score (nSPS) is 19.9. The van der Waals surface area contributed by atoms with Crippen LogP contribution in [0, 0.1) is 0 Å². The molecule has 2 aromatic rings. The zero-order chi connectivity index (χ0) is 29.5. The molecule has 3 heterocycles. The molecule has 1 saturated carbocycles. The lowest BCUT2D eigenvalue weighted by Gasteiger charge is -2.32. The average molecular weight is 603 g/mol. The second-order valence-corrected chi connectivity index (χ2v) is 13.6. The number of methoxy groups -OCH3 is 1. The maximum atomic E-state index is 13.0. The number of nitrogens with zero attached hydrogens (tertiary/aromatic N) is 4. The number of morpholine rings is 1.